The van der Waals surface area contributed by atoms with Gasteiger partial charge in [0.1, 0.15) is 7.05 Å². The number of fused-ring (bicyclic) bond motifs is 6. The molecule has 0 amide bonds. The summed E-state index contributed by atoms with van der Waals surface area (Å²) in [6.07, 6.45) is 11.2. The maximum Gasteiger partial charge on any atom is 0.210 e. The second kappa shape index (κ2) is 10.2. The summed E-state index contributed by atoms with van der Waals surface area (Å²) in [6, 6.07) is 27.0. The summed E-state index contributed by atoms with van der Waals surface area (Å²) in [7, 11) is 4.46. The van der Waals surface area contributed by atoms with E-state index < -0.39 is 0 Å². The van der Waals surface area contributed by atoms with Gasteiger partial charge in [0.05, 0.1) is 5.41 Å². The van der Waals surface area contributed by atoms with Crippen LogP contribution in [0.4, 0.5) is 11.4 Å². The van der Waals surface area contributed by atoms with Crippen molar-refractivity contribution in [1.82, 2.24) is 0 Å². The summed E-state index contributed by atoms with van der Waals surface area (Å²) in [6.45, 7) is 9.53. The zero-order valence-electron chi connectivity index (χ0n) is 26.3. The molecule has 3 heteroatoms. The zero-order chi connectivity index (χ0) is 30.1. The molecule has 1 unspecified atom stereocenters. The van der Waals surface area contributed by atoms with Gasteiger partial charge in [-0.3, -0.25) is 0 Å². The number of halogens is 1. The van der Waals surface area contributed by atoms with Crippen LogP contribution in [0.1, 0.15) is 64.5 Å². The van der Waals surface area contributed by atoms with Crippen LogP contribution in [0, 0.1) is 0 Å². The van der Waals surface area contributed by atoms with Crippen molar-refractivity contribution in [1.29, 1.82) is 0 Å². The number of benzene rings is 4. The molecule has 3 aliphatic rings. The first-order valence-electron chi connectivity index (χ1n) is 15.8. The Morgan fingerprint density at radius 2 is 1.49 bits per heavy atom. The highest BCUT2D eigenvalue weighted by Crippen LogP contribution is 2.49. The molecule has 2 nitrogen and oxygen atoms in total. The number of rotatable bonds is 4. The molecule has 218 valence electrons. The summed E-state index contributed by atoms with van der Waals surface area (Å²) in [5.41, 5.74) is 9.34. The van der Waals surface area contributed by atoms with E-state index in [1.807, 2.05) is 0 Å². The second-order valence-corrected chi connectivity index (χ2v) is 14.1. The van der Waals surface area contributed by atoms with Crippen LogP contribution in [0.2, 0.25) is 0 Å². The first-order chi connectivity index (χ1) is 20.6. The number of hydrogen-bond donors (Lipinski definition) is 0. The SMILES string of the molecule is CN1c2ccc3ccccc3c2C(C)(C)C1CC=C1CCCC(/C=C/C2=[N+](C)c3ccc4ccccc4c3C2(C)C)=C1Cl. The van der Waals surface area contributed by atoms with Gasteiger partial charge in [-0.25, -0.2) is 0 Å². The minimum Gasteiger partial charge on any atom is -0.370 e. The van der Waals surface area contributed by atoms with E-state index in [0.29, 0.717) is 6.04 Å². The lowest BCUT2D eigenvalue weighted by Gasteiger charge is -2.32. The van der Waals surface area contributed by atoms with Gasteiger partial charge in [0, 0.05) is 46.9 Å². The average Bonchev–Trinajstić information content (AvgIpc) is 3.33. The van der Waals surface area contributed by atoms with Gasteiger partial charge in [0.25, 0.3) is 0 Å². The fourth-order valence-corrected chi connectivity index (χ4v) is 8.70. The third-order valence-electron chi connectivity index (χ3n) is 10.6. The van der Waals surface area contributed by atoms with E-state index in [2.05, 4.69) is 142 Å². The maximum absolute atomic E-state index is 7.19. The minimum absolute atomic E-state index is 0.0318. The topological polar surface area (TPSA) is 6.25 Å². The van der Waals surface area contributed by atoms with E-state index in [1.54, 1.807) is 0 Å². The molecular formula is C40H42ClN2+. The normalized spacial score (nSPS) is 22.0. The number of likely N-dealkylation sites (N-methyl/N-ethyl adjacent to an activating group) is 1. The van der Waals surface area contributed by atoms with Gasteiger partial charge in [-0.15, -0.1) is 0 Å². The van der Waals surface area contributed by atoms with Crippen LogP contribution < -0.4 is 4.90 Å². The van der Waals surface area contributed by atoms with Gasteiger partial charge in [0.2, 0.25) is 5.69 Å². The van der Waals surface area contributed by atoms with Crippen molar-refractivity contribution in [2.45, 2.75) is 70.3 Å². The van der Waals surface area contributed by atoms with Gasteiger partial charge in [-0.2, -0.15) is 4.58 Å². The number of nitrogens with zero attached hydrogens (tertiary/aromatic N) is 2. The van der Waals surface area contributed by atoms with E-state index >= 15 is 0 Å². The predicted molar refractivity (Wildman–Crippen MR) is 186 cm³/mol. The summed E-state index contributed by atoms with van der Waals surface area (Å²) in [5, 5.41) is 6.29. The molecule has 2 aliphatic heterocycles. The molecule has 0 N–H and O–H groups in total. The van der Waals surface area contributed by atoms with Crippen molar-refractivity contribution >= 4 is 50.2 Å². The molecule has 0 radical (unpaired) electrons. The quantitative estimate of drug-likeness (QED) is 0.216. The molecule has 1 atom stereocenters. The van der Waals surface area contributed by atoms with E-state index in [-0.39, 0.29) is 10.8 Å². The van der Waals surface area contributed by atoms with Crippen molar-refractivity contribution in [3.05, 3.63) is 118 Å². The molecule has 0 aromatic heterocycles. The van der Waals surface area contributed by atoms with Crippen LogP contribution in [0.3, 0.4) is 0 Å². The van der Waals surface area contributed by atoms with Crippen molar-refractivity contribution in [3.8, 4) is 0 Å². The molecule has 43 heavy (non-hydrogen) atoms. The molecule has 1 aliphatic carbocycles. The van der Waals surface area contributed by atoms with Crippen LogP contribution in [0.25, 0.3) is 21.5 Å². The molecule has 0 spiro atoms. The van der Waals surface area contributed by atoms with Crippen LogP contribution >= 0.6 is 11.6 Å². The number of anilines is 1. The van der Waals surface area contributed by atoms with Gasteiger partial charge in [-0.1, -0.05) is 92.2 Å². The van der Waals surface area contributed by atoms with E-state index in [9.17, 15) is 0 Å². The fraction of sp³-hybridized carbons (Fsp3) is 0.325. The highest BCUT2D eigenvalue weighted by atomic mass is 35.5. The summed E-state index contributed by atoms with van der Waals surface area (Å²) < 4.78 is 2.37. The maximum atomic E-state index is 7.19. The van der Waals surface area contributed by atoms with Gasteiger partial charge >= 0.3 is 0 Å². The molecule has 0 bridgehead atoms. The Bertz CT molecular complexity index is 1920. The van der Waals surface area contributed by atoms with Crippen LogP contribution in [-0.2, 0) is 10.8 Å². The second-order valence-electron chi connectivity index (χ2n) is 13.8. The van der Waals surface area contributed by atoms with E-state index in [4.69, 9.17) is 11.6 Å². The largest absolute Gasteiger partial charge is 0.370 e. The van der Waals surface area contributed by atoms with Gasteiger partial charge < -0.3 is 4.90 Å². The third-order valence-corrected chi connectivity index (χ3v) is 11.1. The lowest BCUT2D eigenvalue weighted by atomic mass is 9.77. The van der Waals surface area contributed by atoms with E-state index in [1.165, 1.54) is 60.9 Å². The Morgan fingerprint density at radius 3 is 2.21 bits per heavy atom. The average molecular weight is 586 g/mol. The molecule has 4 aromatic carbocycles. The Labute approximate surface area is 261 Å². The predicted octanol–water partition coefficient (Wildman–Crippen LogP) is 10.3. The molecular weight excluding hydrogens is 544 g/mol. The van der Waals surface area contributed by atoms with Crippen molar-refractivity contribution in [3.63, 3.8) is 0 Å². The minimum atomic E-state index is -0.0976. The molecule has 7 rings (SSSR count). The zero-order valence-corrected chi connectivity index (χ0v) is 27.1. The van der Waals surface area contributed by atoms with Gasteiger partial charge in [0.15, 0.2) is 5.71 Å². The van der Waals surface area contributed by atoms with Crippen LogP contribution in [0.5, 0.6) is 0 Å². The Balaban J connectivity index is 1.17. The summed E-state index contributed by atoms with van der Waals surface area (Å²) in [4.78, 5) is 2.50. The molecule has 0 fully saturated rings. The van der Waals surface area contributed by atoms with Crippen molar-refractivity contribution in [2.75, 3.05) is 19.0 Å². The monoisotopic (exact) mass is 585 g/mol. The Morgan fingerprint density at radius 1 is 0.837 bits per heavy atom. The van der Waals surface area contributed by atoms with Crippen molar-refractivity contribution in [2.24, 2.45) is 0 Å². The highest BCUT2D eigenvalue weighted by Gasteiger charge is 2.45. The Kier molecular flexibility index (Phi) is 6.71. The third kappa shape index (κ3) is 4.32. The molecule has 2 heterocycles. The van der Waals surface area contributed by atoms with Crippen LogP contribution in [0.15, 0.2) is 107 Å². The molecule has 0 saturated heterocycles. The van der Waals surface area contributed by atoms with Crippen molar-refractivity contribution < 1.29 is 4.58 Å². The number of hydrogen-bond acceptors (Lipinski definition) is 1. The molecule has 4 aromatic rings. The van der Waals surface area contributed by atoms with Gasteiger partial charge in [-0.05, 0) is 89.9 Å². The Hall–Kier alpha value is -3.62. The summed E-state index contributed by atoms with van der Waals surface area (Å²) >= 11 is 7.19. The lowest BCUT2D eigenvalue weighted by Crippen LogP contribution is -2.39. The standard InChI is InChI=1S/C40H42ClN2/c1-39(2)34(42(5)32-22-18-26-12-7-9-16-30(26)36(32)39)24-20-28-14-11-15-29(38(28)41)21-25-35-40(3,4)37-31-17-10-8-13-27(31)19-23-33(37)43(35)6/h7-10,12-13,16-24,35H,11,14-15,25H2,1-6H3/q+1/b24-20+,29-21?. The smallest absolute Gasteiger partial charge is 0.210 e. The first kappa shape index (κ1) is 28.2. The molecule has 0 saturated carbocycles. The van der Waals surface area contributed by atoms with Crippen LogP contribution in [-0.4, -0.2) is 30.4 Å². The fourth-order valence-electron chi connectivity index (χ4n) is 8.37. The number of allylic oxidation sites excluding steroid dienone is 5. The first-order valence-corrected chi connectivity index (χ1v) is 16.1. The highest BCUT2D eigenvalue weighted by molar-refractivity contribution is 6.32. The van der Waals surface area contributed by atoms with E-state index in [0.717, 1.165) is 30.7 Å². The summed E-state index contributed by atoms with van der Waals surface area (Å²) in [5.74, 6) is 0. The lowest BCUT2D eigenvalue weighted by molar-refractivity contribution is -0.401.